The normalized spacial score (nSPS) is 20.2. The largest absolute Gasteiger partial charge is 0.497 e. The molecule has 2 aromatic carbocycles. The Morgan fingerprint density at radius 2 is 1.77 bits per heavy atom. The second kappa shape index (κ2) is 8.33. The van der Waals surface area contributed by atoms with Crippen molar-refractivity contribution in [1.82, 2.24) is 5.48 Å². The van der Waals surface area contributed by atoms with Gasteiger partial charge in [-0.1, -0.05) is 12.1 Å². The highest BCUT2D eigenvalue weighted by Crippen LogP contribution is 2.55. The first-order valence-corrected chi connectivity index (χ1v) is 10.7. The van der Waals surface area contributed by atoms with E-state index >= 15 is 0 Å². The molecule has 2 atom stereocenters. The molecule has 3 N–H and O–H groups in total. The third-order valence-electron chi connectivity index (χ3n) is 5.05. The molecule has 0 aromatic heterocycles. The van der Waals surface area contributed by atoms with Crippen LogP contribution in [0.25, 0.3) is 0 Å². The van der Waals surface area contributed by atoms with Crippen molar-refractivity contribution in [1.29, 1.82) is 0 Å². The molecule has 1 fully saturated rings. The fraction of sp³-hybridized carbons (Fsp3) is 0.300. The number of hydrogen-bond acceptors (Lipinski definition) is 7. The van der Waals surface area contributed by atoms with Gasteiger partial charge >= 0.3 is 5.97 Å². The zero-order valence-electron chi connectivity index (χ0n) is 16.4. The first-order valence-electron chi connectivity index (χ1n) is 9.17. The fourth-order valence-corrected chi connectivity index (χ4v) is 4.44. The molecule has 1 amide bonds. The zero-order valence-corrected chi connectivity index (χ0v) is 17.2. The van der Waals surface area contributed by atoms with Gasteiger partial charge in [0.2, 0.25) is 5.91 Å². The van der Waals surface area contributed by atoms with Crippen LogP contribution in [0.4, 0.5) is 5.69 Å². The number of anilines is 1. The highest BCUT2D eigenvalue weighted by atomic mass is 32.2. The highest BCUT2D eigenvalue weighted by Gasteiger charge is 2.65. The van der Waals surface area contributed by atoms with Gasteiger partial charge in [-0.3, -0.25) is 19.5 Å². The highest BCUT2D eigenvalue weighted by molar-refractivity contribution is 7.92. The molecule has 0 unspecified atom stereocenters. The molecule has 0 aliphatic heterocycles. The molecule has 9 nitrogen and oxygen atoms in total. The van der Waals surface area contributed by atoms with Crippen molar-refractivity contribution in [3.8, 4) is 5.75 Å². The van der Waals surface area contributed by atoms with Crippen molar-refractivity contribution >= 4 is 27.6 Å². The van der Waals surface area contributed by atoms with Crippen molar-refractivity contribution in [3.05, 3.63) is 54.1 Å². The summed E-state index contributed by atoms with van der Waals surface area (Å²) in [5.74, 6) is -1.46. The van der Waals surface area contributed by atoms with Gasteiger partial charge in [0.05, 0.1) is 24.5 Å². The Morgan fingerprint density at radius 3 is 2.30 bits per heavy atom. The van der Waals surface area contributed by atoms with E-state index < -0.39 is 33.2 Å². The number of sulfonamides is 1. The molecule has 1 aliphatic rings. The van der Waals surface area contributed by atoms with E-state index in [-0.39, 0.29) is 23.6 Å². The van der Waals surface area contributed by atoms with Crippen molar-refractivity contribution in [2.75, 3.05) is 18.4 Å². The Kier molecular flexibility index (Phi) is 5.99. The lowest BCUT2D eigenvalue weighted by Gasteiger charge is -2.17. The van der Waals surface area contributed by atoms with E-state index in [0.717, 1.165) is 0 Å². The molecule has 0 heterocycles. The summed E-state index contributed by atoms with van der Waals surface area (Å²) in [4.78, 5) is 24.4. The summed E-state index contributed by atoms with van der Waals surface area (Å²) >= 11 is 0. The number of rotatable bonds is 8. The number of methoxy groups -OCH3 is 1. The van der Waals surface area contributed by atoms with Crippen LogP contribution in [0, 0.1) is 5.92 Å². The molecule has 0 bridgehead atoms. The summed E-state index contributed by atoms with van der Waals surface area (Å²) in [5, 5.41) is 8.91. The Labute approximate surface area is 174 Å². The van der Waals surface area contributed by atoms with Crippen LogP contribution in [-0.4, -0.2) is 39.2 Å². The number of carbonyl (C=O) groups excluding carboxylic acids is 2. The molecule has 0 radical (unpaired) electrons. The van der Waals surface area contributed by atoms with E-state index in [1.54, 1.807) is 36.7 Å². The average molecular weight is 434 g/mol. The minimum atomic E-state index is -3.82. The Morgan fingerprint density at radius 1 is 1.13 bits per heavy atom. The first-order chi connectivity index (χ1) is 14.3. The topological polar surface area (TPSA) is 131 Å². The van der Waals surface area contributed by atoms with E-state index in [9.17, 15) is 18.0 Å². The van der Waals surface area contributed by atoms with Crippen LogP contribution < -0.4 is 14.9 Å². The quantitative estimate of drug-likeness (QED) is 0.328. The fourth-order valence-electron chi connectivity index (χ4n) is 3.38. The standard InChI is InChI=1S/C20H22N2O7S/c1-3-29-19(24)20(12-17(20)18(23)21-25)13-4-6-14(7-5-13)22-30(26,27)16-10-8-15(28-2)9-11-16/h4-11,17,22,25H,3,12H2,1-2H3,(H,21,23)/t17-,20-/m0/s1. The predicted molar refractivity (Wildman–Crippen MR) is 107 cm³/mol. The molecular formula is C20H22N2O7S. The molecule has 10 heteroatoms. The Balaban J connectivity index is 1.82. The lowest BCUT2D eigenvalue weighted by atomic mass is 9.92. The summed E-state index contributed by atoms with van der Waals surface area (Å²) in [7, 11) is -2.33. The number of ether oxygens (including phenoxy) is 2. The van der Waals surface area contributed by atoms with Crippen molar-refractivity contribution in [2.45, 2.75) is 23.7 Å². The van der Waals surface area contributed by atoms with Crippen LogP contribution in [0.2, 0.25) is 0 Å². The van der Waals surface area contributed by atoms with Crippen LogP contribution >= 0.6 is 0 Å². The van der Waals surface area contributed by atoms with E-state index in [0.29, 0.717) is 11.3 Å². The molecule has 3 rings (SSSR count). The molecule has 30 heavy (non-hydrogen) atoms. The van der Waals surface area contributed by atoms with Gasteiger partial charge in [-0.05, 0) is 55.3 Å². The van der Waals surface area contributed by atoms with Gasteiger partial charge < -0.3 is 9.47 Å². The van der Waals surface area contributed by atoms with Gasteiger partial charge in [-0.25, -0.2) is 13.9 Å². The monoisotopic (exact) mass is 434 g/mol. The van der Waals surface area contributed by atoms with Crippen molar-refractivity contribution in [3.63, 3.8) is 0 Å². The molecule has 1 saturated carbocycles. The Bertz CT molecular complexity index is 1040. The van der Waals surface area contributed by atoms with Crippen LogP contribution in [-0.2, 0) is 29.8 Å². The zero-order chi connectivity index (χ0) is 21.9. The SMILES string of the molecule is CCOC(=O)[C@]1(c2ccc(NS(=O)(=O)c3ccc(OC)cc3)cc2)C[C@H]1C(=O)NO. The third kappa shape index (κ3) is 3.96. The van der Waals surface area contributed by atoms with Crippen LogP contribution in [0.5, 0.6) is 5.75 Å². The molecule has 1 aliphatic carbocycles. The second-order valence-electron chi connectivity index (χ2n) is 6.78. The molecule has 2 aromatic rings. The lowest BCUT2D eigenvalue weighted by Crippen LogP contribution is -2.32. The summed E-state index contributed by atoms with van der Waals surface area (Å²) in [6, 6.07) is 12.1. The number of amides is 1. The van der Waals surface area contributed by atoms with E-state index in [4.69, 9.17) is 14.7 Å². The minimum absolute atomic E-state index is 0.0669. The maximum absolute atomic E-state index is 12.6. The van der Waals surface area contributed by atoms with Gasteiger partial charge in [-0.2, -0.15) is 0 Å². The number of hydrogen-bond donors (Lipinski definition) is 3. The number of esters is 1. The van der Waals surface area contributed by atoms with E-state index in [1.807, 2.05) is 0 Å². The first kappa shape index (κ1) is 21.6. The summed E-state index contributed by atoms with van der Waals surface area (Å²) in [6.07, 6.45) is 0.190. The van der Waals surface area contributed by atoms with Gasteiger partial charge in [0.15, 0.2) is 0 Å². The molecule has 160 valence electrons. The van der Waals surface area contributed by atoms with Crippen molar-refractivity contribution in [2.24, 2.45) is 5.92 Å². The van der Waals surface area contributed by atoms with Crippen LogP contribution in [0.1, 0.15) is 18.9 Å². The average Bonchev–Trinajstić information content (AvgIpc) is 3.51. The summed E-state index contributed by atoms with van der Waals surface area (Å²) < 4.78 is 37.7. The van der Waals surface area contributed by atoms with Gasteiger partial charge in [0, 0.05) is 5.69 Å². The molecule has 0 saturated heterocycles. The van der Waals surface area contributed by atoms with Gasteiger partial charge in [0.25, 0.3) is 10.0 Å². The maximum atomic E-state index is 12.6. The van der Waals surface area contributed by atoms with Crippen LogP contribution in [0.3, 0.4) is 0 Å². The lowest BCUT2D eigenvalue weighted by molar-refractivity contribution is -0.148. The summed E-state index contributed by atoms with van der Waals surface area (Å²) in [5.41, 5.74) is 1.16. The van der Waals surface area contributed by atoms with E-state index in [1.165, 1.54) is 31.4 Å². The minimum Gasteiger partial charge on any atom is -0.497 e. The molecule has 0 spiro atoms. The summed E-state index contributed by atoms with van der Waals surface area (Å²) in [6.45, 7) is 1.81. The smallest absolute Gasteiger partial charge is 0.317 e. The third-order valence-corrected chi connectivity index (χ3v) is 6.45. The van der Waals surface area contributed by atoms with Crippen molar-refractivity contribution < 1.29 is 32.7 Å². The number of hydroxylamine groups is 1. The van der Waals surface area contributed by atoms with Crippen LogP contribution in [0.15, 0.2) is 53.4 Å². The Hall–Kier alpha value is -3.11. The number of carbonyl (C=O) groups is 2. The van der Waals surface area contributed by atoms with Gasteiger partial charge in [0.1, 0.15) is 11.2 Å². The van der Waals surface area contributed by atoms with E-state index in [2.05, 4.69) is 4.72 Å². The predicted octanol–water partition coefficient (Wildman–Crippen LogP) is 1.82. The number of nitrogens with one attached hydrogen (secondary N) is 2. The maximum Gasteiger partial charge on any atom is 0.317 e. The number of benzene rings is 2. The molecular weight excluding hydrogens is 412 g/mol. The van der Waals surface area contributed by atoms with Gasteiger partial charge in [-0.15, -0.1) is 0 Å². The second-order valence-corrected chi connectivity index (χ2v) is 8.47.